The molecule has 1 aliphatic heterocycles. The molecule has 6 nitrogen and oxygen atoms in total. The largest absolute Gasteiger partial charge is 0.497 e. The fourth-order valence-corrected chi connectivity index (χ4v) is 3.01. The Labute approximate surface area is 114 Å². The molecule has 0 aliphatic carbocycles. The zero-order chi connectivity index (χ0) is 14.0. The summed E-state index contributed by atoms with van der Waals surface area (Å²) in [5.74, 6) is -0.0408. The SMILES string of the molecule is COc1ccc(C(=O)N2CSCC2C(=O)O)c(N)c1. The number of ether oxygens (including phenoxy) is 1. The zero-order valence-electron chi connectivity index (χ0n) is 10.3. The molecule has 1 unspecified atom stereocenters. The van der Waals surface area contributed by atoms with Gasteiger partial charge in [-0.2, -0.15) is 0 Å². The Morgan fingerprint density at radius 1 is 1.53 bits per heavy atom. The summed E-state index contributed by atoms with van der Waals surface area (Å²) < 4.78 is 5.01. The Balaban J connectivity index is 2.26. The summed E-state index contributed by atoms with van der Waals surface area (Å²) in [6.07, 6.45) is 0. The number of methoxy groups -OCH3 is 1. The molecule has 1 heterocycles. The molecule has 1 saturated heterocycles. The van der Waals surface area contributed by atoms with Crippen LogP contribution in [0.15, 0.2) is 18.2 Å². The third kappa shape index (κ3) is 2.60. The van der Waals surface area contributed by atoms with Crippen LogP contribution in [0.5, 0.6) is 5.75 Å². The van der Waals surface area contributed by atoms with E-state index in [0.717, 1.165) is 0 Å². The Morgan fingerprint density at radius 2 is 2.26 bits per heavy atom. The first-order valence-corrected chi connectivity index (χ1v) is 6.75. The molecular weight excluding hydrogens is 268 g/mol. The predicted octanol–water partition coefficient (Wildman–Crippen LogP) is 0.877. The van der Waals surface area contributed by atoms with Crippen molar-refractivity contribution in [2.24, 2.45) is 0 Å². The number of benzene rings is 1. The summed E-state index contributed by atoms with van der Waals surface area (Å²) >= 11 is 1.41. The number of carboxylic acids is 1. The van der Waals surface area contributed by atoms with Crippen LogP contribution in [0, 0.1) is 0 Å². The van der Waals surface area contributed by atoms with Crippen LogP contribution in [-0.2, 0) is 4.79 Å². The van der Waals surface area contributed by atoms with E-state index in [4.69, 9.17) is 15.6 Å². The van der Waals surface area contributed by atoms with Gasteiger partial charge in [0.25, 0.3) is 5.91 Å². The topological polar surface area (TPSA) is 92.9 Å². The summed E-state index contributed by atoms with van der Waals surface area (Å²) in [4.78, 5) is 24.7. The monoisotopic (exact) mass is 282 g/mol. The van der Waals surface area contributed by atoms with Crippen LogP contribution in [0.3, 0.4) is 0 Å². The highest BCUT2D eigenvalue weighted by Crippen LogP contribution is 2.26. The van der Waals surface area contributed by atoms with E-state index >= 15 is 0 Å². The lowest BCUT2D eigenvalue weighted by Crippen LogP contribution is -2.41. The van der Waals surface area contributed by atoms with Crippen molar-refractivity contribution < 1.29 is 19.4 Å². The van der Waals surface area contributed by atoms with Gasteiger partial charge < -0.3 is 20.5 Å². The van der Waals surface area contributed by atoms with Crippen LogP contribution < -0.4 is 10.5 Å². The number of nitrogens with zero attached hydrogens (tertiary/aromatic N) is 1. The summed E-state index contributed by atoms with van der Waals surface area (Å²) in [7, 11) is 1.51. The highest BCUT2D eigenvalue weighted by molar-refractivity contribution is 7.99. The molecule has 3 N–H and O–H groups in total. The van der Waals surface area contributed by atoms with Crippen molar-refractivity contribution in [3.05, 3.63) is 23.8 Å². The number of hydrogen-bond acceptors (Lipinski definition) is 5. The van der Waals surface area contributed by atoms with Crippen LogP contribution in [0.25, 0.3) is 0 Å². The van der Waals surface area contributed by atoms with Gasteiger partial charge in [-0.05, 0) is 12.1 Å². The maximum absolute atomic E-state index is 12.3. The van der Waals surface area contributed by atoms with Crippen molar-refractivity contribution in [2.75, 3.05) is 24.5 Å². The van der Waals surface area contributed by atoms with Gasteiger partial charge in [-0.15, -0.1) is 11.8 Å². The average molecular weight is 282 g/mol. The molecule has 2 rings (SSSR count). The number of carbonyl (C=O) groups is 2. The van der Waals surface area contributed by atoms with Crippen LogP contribution >= 0.6 is 11.8 Å². The third-order valence-corrected chi connectivity index (χ3v) is 3.93. The molecule has 7 heteroatoms. The second-order valence-electron chi connectivity index (χ2n) is 4.08. The predicted molar refractivity (Wildman–Crippen MR) is 72.3 cm³/mol. The Kier molecular flexibility index (Phi) is 3.84. The summed E-state index contributed by atoms with van der Waals surface area (Å²) in [5, 5.41) is 9.07. The standard InChI is InChI=1S/C12H14N2O4S/c1-18-7-2-3-8(9(13)4-7)11(15)14-6-19-5-10(14)12(16)17/h2-4,10H,5-6,13H2,1H3,(H,16,17). The van der Waals surface area contributed by atoms with Crippen molar-refractivity contribution in [1.29, 1.82) is 0 Å². The quantitative estimate of drug-likeness (QED) is 0.799. The van der Waals surface area contributed by atoms with E-state index in [1.165, 1.54) is 23.8 Å². The molecule has 1 fully saturated rings. The van der Waals surface area contributed by atoms with Gasteiger partial charge in [0.2, 0.25) is 0 Å². The van der Waals surface area contributed by atoms with Gasteiger partial charge in [0.15, 0.2) is 0 Å². The molecule has 0 spiro atoms. The van der Waals surface area contributed by atoms with E-state index < -0.39 is 12.0 Å². The second kappa shape index (κ2) is 5.40. The molecule has 1 aliphatic rings. The molecule has 1 atom stereocenters. The van der Waals surface area contributed by atoms with Crippen molar-refractivity contribution in [3.63, 3.8) is 0 Å². The molecule has 19 heavy (non-hydrogen) atoms. The lowest BCUT2D eigenvalue weighted by atomic mass is 10.1. The van der Waals surface area contributed by atoms with Crippen LogP contribution in [0.1, 0.15) is 10.4 Å². The molecule has 0 radical (unpaired) electrons. The molecule has 1 aromatic carbocycles. The normalized spacial score (nSPS) is 18.4. The van der Waals surface area contributed by atoms with Gasteiger partial charge in [-0.25, -0.2) is 4.79 Å². The first kappa shape index (κ1) is 13.5. The lowest BCUT2D eigenvalue weighted by Gasteiger charge is -2.21. The number of thioether (sulfide) groups is 1. The van der Waals surface area contributed by atoms with E-state index in [1.807, 2.05) is 0 Å². The lowest BCUT2D eigenvalue weighted by molar-refractivity contribution is -0.140. The minimum Gasteiger partial charge on any atom is -0.497 e. The second-order valence-corrected chi connectivity index (χ2v) is 5.08. The number of hydrogen-bond donors (Lipinski definition) is 2. The van der Waals surface area contributed by atoms with Crippen LogP contribution in [0.4, 0.5) is 5.69 Å². The van der Waals surface area contributed by atoms with Crippen LogP contribution in [0.2, 0.25) is 0 Å². The van der Waals surface area contributed by atoms with Gasteiger partial charge in [0.1, 0.15) is 11.8 Å². The Morgan fingerprint density at radius 3 is 2.84 bits per heavy atom. The van der Waals surface area contributed by atoms with E-state index in [9.17, 15) is 9.59 Å². The molecule has 0 saturated carbocycles. The van der Waals surface area contributed by atoms with E-state index in [1.54, 1.807) is 18.2 Å². The maximum atomic E-state index is 12.3. The average Bonchev–Trinajstić information content (AvgIpc) is 2.87. The summed E-state index contributed by atoms with van der Waals surface area (Å²) in [6.45, 7) is 0. The summed E-state index contributed by atoms with van der Waals surface area (Å²) in [6, 6.07) is 3.94. The van der Waals surface area contributed by atoms with Crippen molar-refractivity contribution >= 4 is 29.3 Å². The van der Waals surface area contributed by atoms with E-state index in [0.29, 0.717) is 22.9 Å². The Hall–Kier alpha value is -1.89. The molecule has 102 valence electrons. The number of nitrogen functional groups attached to an aromatic ring is 1. The molecule has 0 bridgehead atoms. The number of nitrogens with two attached hydrogens (primary N) is 1. The minimum absolute atomic E-state index is 0.283. The van der Waals surface area contributed by atoms with Gasteiger partial charge >= 0.3 is 5.97 Å². The molecule has 1 amide bonds. The Bertz CT molecular complexity index is 520. The smallest absolute Gasteiger partial charge is 0.327 e. The maximum Gasteiger partial charge on any atom is 0.327 e. The molecular formula is C12H14N2O4S. The highest BCUT2D eigenvalue weighted by Gasteiger charge is 2.35. The number of aliphatic carboxylic acids is 1. The summed E-state index contributed by atoms with van der Waals surface area (Å²) in [5.41, 5.74) is 6.39. The number of amides is 1. The number of carboxylic acid groups (broad SMARTS) is 1. The van der Waals surface area contributed by atoms with Gasteiger partial charge in [0.05, 0.1) is 18.6 Å². The third-order valence-electron chi connectivity index (χ3n) is 2.92. The van der Waals surface area contributed by atoms with Crippen molar-refractivity contribution in [2.45, 2.75) is 6.04 Å². The zero-order valence-corrected chi connectivity index (χ0v) is 11.1. The van der Waals surface area contributed by atoms with E-state index in [-0.39, 0.29) is 11.6 Å². The first-order chi connectivity index (χ1) is 9.04. The first-order valence-electron chi connectivity index (χ1n) is 5.59. The van der Waals surface area contributed by atoms with Gasteiger partial charge in [0, 0.05) is 17.5 Å². The van der Waals surface area contributed by atoms with Crippen LogP contribution in [-0.4, -0.2) is 46.7 Å². The van der Waals surface area contributed by atoms with Crippen molar-refractivity contribution in [1.82, 2.24) is 4.90 Å². The molecule has 1 aromatic rings. The minimum atomic E-state index is -0.995. The number of anilines is 1. The van der Waals surface area contributed by atoms with E-state index in [2.05, 4.69) is 0 Å². The number of rotatable bonds is 3. The van der Waals surface area contributed by atoms with Gasteiger partial charge in [-0.3, -0.25) is 4.79 Å². The van der Waals surface area contributed by atoms with Gasteiger partial charge in [-0.1, -0.05) is 0 Å². The fraction of sp³-hybridized carbons (Fsp3) is 0.333. The van der Waals surface area contributed by atoms with Crippen molar-refractivity contribution in [3.8, 4) is 5.75 Å². The number of carbonyl (C=O) groups excluding carboxylic acids is 1. The fourth-order valence-electron chi connectivity index (χ4n) is 1.86. The molecule has 0 aromatic heterocycles. The highest BCUT2D eigenvalue weighted by atomic mass is 32.2.